The van der Waals surface area contributed by atoms with Crippen molar-refractivity contribution < 1.29 is 10.0 Å². The number of hydrogen-bond acceptors (Lipinski definition) is 4. The first-order valence-corrected chi connectivity index (χ1v) is 8.21. The molecule has 22 heavy (non-hydrogen) atoms. The van der Waals surface area contributed by atoms with Gasteiger partial charge in [0.2, 0.25) is 5.91 Å². The molecule has 0 spiro atoms. The Labute approximate surface area is 138 Å². The number of carbonyl (C=O) groups is 1. The molecule has 2 aliphatic rings. The molecule has 2 fully saturated rings. The van der Waals surface area contributed by atoms with Crippen molar-refractivity contribution in [1.29, 1.82) is 0 Å². The van der Waals surface area contributed by atoms with Gasteiger partial charge in [0.05, 0.1) is 11.1 Å². The molecule has 0 unspecified atom stereocenters. The van der Waals surface area contributed by atoms with Crippen LogP contribution >= 0.6 is 15.9 Å². The van der Waals surface area contributed by atoms with E-state index in [1.807, 2.05) is 6.07 Å². The lowest BCUT2D eigenvalue weighted by Crippen LogP contribution is -2.43. The lowest BCUT2D eigenvalue weighted by molar-refractivity contribution is -0.130. The van der Waals surface area contributed by atoms with Crippen LogP contribution in [-0.4, -0.2) is 21.8 Å². The fourth-order valence-electron chi connectivity index (χ4n) is 4.22. The molecule has 0 aliphatic heterocycles. The fraction of sp³-hybridized carbons (Fsp3) is 0.562. The number of aromatic nitrogens is 1. The Morgan fingerprint density at radius 2 is 2.09 bits per heavy atom. The zero-order chi connectivity index (χ0) is 16.2. The number of hydrogen-bond donors (Lipinski definition) is 2. The Morgan fingerprint density at radius 3 is 2.64 bits per heavy atom. The van der Waals surface area contributed by atoms with E-state index in [1.54, 1.807) is 12.3 Å². The molecule has 1 aromatic heterocycles. The second-order valence-corrected chi connectivity index (χ2v) is 7.99. The average molecular weight is 366 g/mol. The molecule has 0 aromatic carbocycles. The maximum atomic E-state index is 13.0. The van der Waals surface area contributed by atoms with Crippen LogP contribution in [0.3, 0.4) is 0 Å². The first-order chi connectivity index (χ1) is 10.3. The third kappa shape index (κ3) is 1.79. The fourth-order valence-corrected chi connectivity index (χ4v) is 4.46. The van der Waals surface area contributed by atoms with Crippen molar-refractivity contribution in [2.45, 2.75) is 40.0 Å². The van der Waals surface area contributed by atoms with Crippen molar-refractivity contribution in [2.24, 2.45) is 21.4 Å². The molecule has 2 saturated carbocycles. The number of oxime groups is 1. The van der Waals surface area contributed by atoms with Gasteiger partial charge in [-0.05, 0) is 46.3 Å². The first-order valence-electron chi connectivity index (χ1n) is 7.41. The van der Waals surface area contributed by atoms with Gasteiger partial charge in [-0.25, -0.2) is 4.98 Å². The quantitative estimate of drug-likeness (QED) is 0.617. The second-order valence-electron chi connectivity index (χ2n) is 7.08. The predicted molar refractivity (Wildman–Crippen MR) is 88.0 cm³/mol. The smallest absolute Gasteiger partial charge is 0.232 e. The van der Waals surface area contributed by atoms with Crippen LogP contribution in [0.1, 0.15) is 40.0 Å². The van der Waals surface area contributed by atoms with E-state index < -0.39 is 5.41 Å². The summed E-state index contributed by atoms with van der Waals surface area (Å²) in [6, 6.07) is 3.62. The maximum absolute atomic E-state index is 13.0. The number of amides is 1. The third-order valence-corrected chi connectivity index (χ3v) is 6.73. The Hall–Kier alpha value is -1.43. The minimum Gasteiger partial charge on any atom is -0.411 e. The van der Waals surface area contributed by atoms with Crippen molar-refractivity contribution >= 4 is 33.4 Å². The van der Waals surface area contributed by atoms with E-state index in [9.17, 15) is 10.0 Å². The average Bonchev–Trinajstić information content (AvgIpc) is 2.79. The lowest BCUT2D eigenvalue weighted by Gasteiger charge is -2.39. The highest BCUT2D eigenvalue weighted by molar-refractivity contribution is 9.10. The molecule has 2 atom stereocenters. The normalized spacial score (nSPS) is 34.1. The number of rotatable bonds is 2. The molecular formula is C16H20BrN3O2. The third-order valence-electron chi connectivity index (χ3n) is 6.26. The van der Waals surface area contributed by atoms with Gasteiger partial charge in [0.15, 0.2) is 0 Å². The van der Waals surface area contributed by atoms with Crippen molar-refractivity contribution in [1.82, 2.24) is 4.98 Å². The van der Waals surface area contributed by atoms with E-state index >= 15 is 0 Å². The Balaban J connectivity index is 1.93. The van der Waals surface area contributed by atoms with Gasteiger partial charge in [0.25, 0.3) is 0 Å². The number of carbonyl (C=O) groups excluding carboxylic acids is 1. The Kier molecular flexibility index (Phi) is 3.36. The summed E-state index contributed by atoms with van der Waals surface area (Å²) in [6.07, 6.45) is 3.83. The highest BCUT2D eigenvalue weighted by Crippen LogP contribution is 2.71. The Bertz CT molecular complexity index is 656. The number of nitrogens with zero attached hydrogens (tertiary/aromatic N) is 2. The molecule has 2 aliphatic carbocycles. The lowest BCUT2D eigenvalue weighted by atomic mass is 9.64. The van der Waals surface area contributed by atoms with Gasteiger partial charge >= 0.3 is 0 Å². The minimum atomic E-state index is -0.544. The highest BCUT2D eigenvalue weighted by Gasteiger charge is 2.71. The minimum absolute atomic E-state index is 0.0327. The topological polar surface area (TPSA) is 74.6 Å². The molecule has 118 valence electrons. The van der Waals surface area contributed by atoms with Crippen molar-refractivity contribution in [2.75, 3.05) is 5.32 Å². The molecule has 1 amide bonds. The summed E-state index contributed by atoms with van der Waals surface area (Å²) in [5.41, 5.74) is -0.298. The second kappa shape index (κ2) is 4.78. The van der Waals surface area contributed by atoms with Crippen LogP contribution in [0.4, 0.5) is 5.82 Å². The zero-order valence-corrected chi connectivity index (χ0v) is 14.6. The van der Waals surface area contributed by atoms with Crippen LogP contribution in [0, 0.1) is 16.2 Å². The molecule has 1 aromatic rings. The van der Waals surface area contributed by atoms with Gasteiger partial charge in [-0.2, -0.15) is 0 Å². The largest absolute Gasteiger partial charge is 0.411 e. The van der Waals surface area contributed by atoms with Crippen LogP contribution in [0.2, 0.25) is 0 Å². The number of halogens is 1. The van der Waals surface area contributed by atoms with E-state index in [1.165, 1.54) is 0 Å². The van der Waals surface area contributed by atoms with E-state index in [0.29, 0.717) is 12.2 Å². The van der Waals surface area contributed by atoms with Crippen molar-refractivity contribution in [3.8, 4) is 0 Å². The number of nitrogens with one attached hydrogen (secondary N) is 1. The van der Waals surface area contributed by atoms with Crippen LogP contribution in [-0.2, 0) is 4.79 Å². The molecule has 2 bridgehead atoms. The monoisotopic (exact) mass is 365 g/mol. The summed E-state index contributed by atoms with van der Waals surface area (Å²) in [5, 5.41) is 15.8. The van der Waals surface area contributed by atoms with Gasteiger partial charge in [0, 0.05) is 22.5 Å². The summed E-state index contributed by atoms with van der Waals surface area (Å²) < 4.78 is 0.869. The molecule has 0 radical (unpaired) electrons. The first kappa shape index (κ1) is 15.5. The van der Waals surface area contributed by atoms with Gasteiger partial charge in [-0.15, -0.1) is 0 Å². The van der Waals surface area contributed by atoms with Gasteiger partial charge in [-0.1, -0.05) is 25.9 Å². The van der Waals surface area contributed by atoms with Gasteiger partial charge in [0.1, 0.15) is 5.82 Å². The van der Waals surface area contributed by atoms with Gasteiger partial charge in [-0.3, -0.25) is 4.79 Å². The summed E-state index contributed by atoms with van der Waals surface area (Å²) in [4.78, 5) is 17.2. The molecule has 2 N–H and O–H groups in total. The standard InChI is InChI=1S/C16H20BrN3O2/c1-14(2)15(3)6-7-16(14,8-11(15)20-22)13(21)19-12-5-4-10(17)9-18-12/h4-5,9,22H,6-8H2,1-3H3,(H,18,19,21)/b20-11-/t15-,16-/m1/s1. The highest BCUT2D eigenvalue weighted by atomic mass is 79.9. The molecule has 3 rings (SSSR count). The van der Waals surface area contributed by atoms with E-state index in [-0.39, 0.29) is 16.7 Å². The van der Waals surface area contributed by atoms with Crippen LogP contribution in [0.15, 0.2) is 28.0 Å². The number of fused-ring (bicyclic) bond motifs is 2. The summed E-state index contributed by atoms with van der Waals surface area (Å²) >= 11 is 3.33. The van der Waals surface area contributed by atoms with Crippen LogP contribution in [0.25, 0.3) is 0 Å². The van der Waals surface area contributed by atoms with E-state index in [0.717, 1.165) is 23.0 Å². The van der Waals surface area contributed by atoms with Gasteiger partial charge < -0.3 is 10.5 Å². The van der Waals surface area contributed by atoms with Crippen molar-refractivity contribution in [3.05, 3.63) is 22.8 Å². The van der Waals surface area contributed by atoms with E-state index in [2.05, 4.69) is 52.2 Å². The number of pyridine rings is 1. The maximum Gasteiger partial charge on any atom is 0.232 e. The SMILES string of the molecule is CC1(C)[C@]2(C(=O)Nc3ccc(Br)cn3)CC[C@]1(C)/C(=N\O)C2. The molecular weight excluding hydrogens is 346 g/mol. The predicted octanol–water partition coefficient (Wildman–Crippen LogP) is 3.83. The summed E-state index contributed by atoms with van der Waals surface area (Å²) in [7, 11) is 0. The molecule has 6 heteroatoms. The van der Waals surface area contributed by atoms with Crippen LogP contribution < -0.4 is 5.32 Å². The molecule has 5 nitrogen and oxygen atoms in total. The molecule has 0 saturated heterocycles. The number of anilines is 1. The zero-order valence-electron chi connectivity index (χ0n) is 13.0. The van der Waals surface area contributed by atoms with Crippen molar-refractivity contribution in [3.63, 3.8) is 0 Å². The van der Waals surface area contributed by atoms with E-state index in [4.69, 9.17) is 0 Å². The summed E-state index contributed by atoms with van der Waals surface area (Å²) in [6.45, 7) is 6.31. The van der Waals surface area contributed by atoms with Crippen LogP contribution in [0.5, 0.6) is 0 Å². The molecule has 1 heterocycles. The Morgan fingerprint density at radius 1 is 1.36 bits per heavy atom. The summed E-state index contributed by atoms with van der Waals surface area (Å²) in [5.74, 6) is 0.510.